The molecule has 2 aromatic heterocycles. The lowest BCUT2D eigenvalue weighted by molar-refractivity contribution is 0.0692. The van der Waals surface area contributed by atoms with Gasteiger partial charge in [-0.1, -0.05) is 40.9 Å². The number of likely N-dealkylation sites (tertiary alicyclic amines) is 1. The largest absolute Gasteiger partial charge is 0.356 e. The van der Waals surface area contributed by atoms with Crippen molar-refractivity contribution in [1.29, 1.82) is 0 Å². The number of fused-ring (bicyclic) bond motifs is 1. The predicted molar refractivity (Wildman–Crippen MR) is 127 cm³/mol. The fourth-order valence-corrected chi connectivity index (χ4v) is 4.99. The molecule has 1 atom stereocenters. The Morgan fingerprint density at radius 2 is 1.74 bits per heavy atom. The maximum atomic E-state index is 13.5. The second-order valence-electron chi connectivity index (χ2n) is 8.70. The molecule has 0 radical (unpaired) electrons. The summed E-state index contributed by atoms with van der Waals surface area (Å²) in [5.41, 5.74) is 3.17. The fraction of sp³-hybridized carbons (Fsp3) is 0.458. The van der Waals surface area contributed by atoms with Gasteiger partial charge in [-0.05, 0) is 44.7 Å². The molecule has 2 saturated heterocycles. The van der Waals surface area contributed by atoms with Crippen LogP contribution in [0.4, 0.5) is 5.82 Å². The van der Waals surface area contributed by atoms with E-state index in [0.717, 1.165) is 72.5 Å². The van der Waals surface area contributed by atoms with Crippen LogP contribution in [0.3, 0.4) is 0 Å². The molecule has 2 aliphatic heterocycles. The number of rotatable bonds is 3. The van der Waals surface area contributed by atoms with Gasteiger partial charge in [0, 0.05) is 47.8 Å². The number of hydrogen-bond acceptors (Lipinski definition) is 4. The summed E-state index contributed by atoms with van der Waals surface area (Å²) in [6, 6.07) is 12.3. The molecule has 5 rings (SSSR count). The number of nitrogens with zero attached hydrogens (tertiary/aromatic N) is 5. The normalized spacial score (nSPS) is 19.7. The summed E-state index contributed by atoms with van der Waals surface area (Å²) in [7, 11) is 0. The van der Waals surface area contributed by atoms with Crippen LogP contribution in [0.15, 0.2) is 40.9 Å². The molecule has 1 amide bonds. The highest BCUT2D eigenvalue weighted by Crippen LogP contribution is 2.28. The molecule has 4 heterocycles. The Labute approximate surface area is 191 Å². The minimum Gasteiger partial charge on any atom is -0.356 e. The van der Waals surface area contributed by atoms with Crippen molar-refractivity contribution < 1.29 is 4.79 Å². The Hall–Kier alpha value is -2.41. The summed E-state index contributed by atoms with van der Waals surface area (Å²) < 4.78 is 2.95. The van der Waals surface area contributed by atoms with Crippen LogP contribution in [-0.4, -0.2) is 51.1 Å². The van der Waals surface area contributed by atoms with Gasteiger partial charge in [0.2, 0.25) is 0 Å². The molecule has 0 N–H and O–H groups in total. The smallest absolute Gasteiger partial charge is 0.272 e. The first-order valence-electron chi connectivity index (χ1n) is 11.3. The third kappa shape index (κ3) is 4.07. The molecule has 0 saturated carbocycles. The first kappa shape index (κ1) is 20.5. The fourth-order valence-electron chi connectivity index (χ4n) is 4.73. The number of carbonyl (C=O) groups excluding carboxylic acids is 1. The van der Waals surface area contributed by atoms with Crippen molar-refractivity contribution in [2.45, 2.75) is 51.5 Å². The van der Waals surface area contributed by atoms with Crippen LogP contribution in [0.2, 0.25) is 0 Å². The van der Waals surface area contributed by atoms with Gasteiger partial charge < -0.3 is 9.80 Å². The average Bonchev–Trinajstić information content (AvgIpc) is 3.41. The summed E-state index contributed by atoms with van der Waals surface area (Å²) in [5, 5.41) is 4.87. The van der Waals surface area contributed by atoms with Crippen molar-refractivity contribution in [2.24, 2.45) is 0 Å². The summed E-state index contributed by atoms with van der Waals surface area (Å²) in [6.07, 6.45) is 6.84. The highest BCUT2D eigenvalue weighted by molar-refractivity contribution is 9.10. The van der Waals surface area contributed by atoms with Gasteiger partial charge in [0.1, 0.15) is 11.5 Å². The zero-order valence-electron chi connectivity index (χ0n) is 17.9. The van der Waals surface area contributed by atoms with Gasteiger partial charge in [0.05, 0.1) is 5.69 Å². The Kier molecular flexibility index (Phi) is 5.69. The van der Waals surface area contributed by atoms with E-state index < -0.39 is 0 Å². The van der Waals surface area contributed by atoms with Crippen molar-refractivity contribution in [3.8, 4) is 11.3 Å². The maximum Gasteiger partial charge on any atom is 0.272 e. The van der Waals surface area contributed by atoms with Crippen molar-refractivity contribution >= 4 is 33.3 Å². The first-order valence-corrected chi connectivity index (χ1v) is 12.1. The molecule has 0 aliphatic carbocycles. The summed E-state index contributed by atoms with van der Waals surface area (Å²) in [6.45, 7) is 4.95. The highest BCUT2D eigenvalue weighted by atomic mass is 79.9. The third-order valence-electron chi connectivity index (χ3n) is 6.51. The number of halogens is 1. The molecule has 162 valence electrons. The third-order valence-corrected chi connectivity index (χ3v) is 7.04. The maximum absolute atomic E-state index is 13.5. The lowest BCUT2D eigenvalue weighted by atomic mass is 10.1. The molecule has 3 aromatic rings. The zero-order valence-corrected chi connectivity index (χ0v) is 19.5. The Balaban J connectivity index is 1.58. The van der Waals surface area contributed by atoms with Crippen LogP contribution >= 0.6 is 15.9 Å². The molecule has 1 aromatic carbocycles. The molecule has 2 aliphatic rings. The molecule has 0 spiro atoms. The summed E-state index contributed by atoms with van der Waals surface area (Å²) in [5.74, 6) is 1.01. The van der Waals surface area contributed by atoms with Gasteiger partial charge in [-0.15, -0.1) is 0 Å². The lowest BCUT2D eigenvalue weighted by Gasteiger charge is -2.27. The van der Waals surface area contributed by atoms with E-state index in [1.165, 1.54) is 12.8 Å². The van der Waals surface area contributed by atoms with E-state index in [9.17, 15) is 4.79 Å². The minimum absolute atomic E-state index is 0.0451. The van der Waals surface area contributed by atoms with Gasteiger partial charge >= 0.3 is 0 Å². The SMILES string of the molecule is CC1CCCCCN1C(=O)c1cc(N2CCCC2)n2nc(-c3ccc(Br)cc3)cc2n1. The second kappa shape index (κ2) is 8.61. The van der Waals surface area contributed by atoms with E-state index in [4.69, 9.17) is 10.1 Å². The molecule has 2 fully saturated rings. The molecular formula is C24H28BrN5O. The second-order valence-corrected chi connectivity index (χ2v) is 9.61. The number of anilines is 1. The predicted octanol–water partition coefficient (Wildman–Crippen LogP) is 5.16. The van der Waals surface area contributed by atoms with Crippen LogP contribution in [0.1, 0.15) is 55.9 Å². The van der Waals surface area contributed by atoms with Crippen LogP contribution < -0.4 is 4.90 Å². The lowest BCUT2D eigenvalue weighted by Crippen LogP contribution is -2.39. The summed E-state index contributed by atoms with van der Waals surface area (Å²) >= 11 is 3.50. The Morgan fingerprint density at radius 3 is 2.52 bits per heavy atom. The Morgan fingerprint density at radius 1 is 1.00 bits per heavy atom. The molecular weight excluding hydrogens is 454 g/mol. The Bertz CT molecular complexity index is 1090. The van der Waals surface area contributed by atoms with Crippen LogP contribution in [0.5, 0.6) is 0 Å². The van der Waals surface area contributed by atoms with E-state index in [0.29, 0.717) is 5.69 Å². The van der Waals surface area contributed by atoms with Gasteiger partial charge in [-0.25, -0.2) is 4.98 Å². The molecule has 7 heteroatoms. The van der Waals surface area contributed by atoms with Crippen LogP contribution in [-0.2, 0) is 0 Å². The van der Waals surface area contributed by atoms with Crippen molar-refractivity contribution in [3.05, 3.63) is 46.6 Å². The van der Waals surface area contributed by atoms with E-state index in [2.05, 4.69) is 27.8 Å². The van der Waals surface area contributed by atoms with E-state index >= 15 is 0 Å². The van der Waals surface area contributed by atoms with Crippen molar-refractivity contribution in [3.63, 3.8) is 0 Å². The van der Waals surface area contributed by atoms with Gasteiger partial charge in [-0.2, -0.15) is 9.61 Å². The number of carbonyl (C=O) groups is 1. The minimum atomic E-state index is 0.0451. The zero-order chi connectivity index (χ0) is 21.4. The summed E-state index contributed by atoms with van der Waals surface area (Å²) in [4.78, 5) is 22.6. The molecule has 1 unspecified atom stereocenters. The highest BCUT2D eigenvalue weighted by Gasteiger charge is 2.27. The van der Waals surface area contributed by atoms with Gasteiger partial charge in [0.15, 0.2) is 5.65 Å². The molecule has 31 heavy (non-hydrogen) atoms. The van der Waals surface area contributed by atoms with Crippen LogP contribution in [0.25, 0.3) is 16.9 Å². The number of benzene rings is 1. The number of aromatic nitrogens is 3. The van der Waals surface area contributed by atoms with Crippen molar-refractivity contribution in [2.75, 3.05) is 24.5 Å². The monoisotopic (exact) mass is 481 g/mol. The van der Waals surface area contributed by atoms with Crippen LogP contribution in [0, 0.1) is 0 Å². The molecule has 6 nitrogen and oxygen atoms in total. The van der Waals surface area contributed by atoms with E-state index in [-0.39, 0.29) is 11.9 Å². The quantitative estimate of drug-likeness (QED) is 0.518. The van der Waals surface area contributed by atoms with E-state index in [1.54, 1.807) is 0 Å². The van der Waals surface area contributed by atoms with Gasteiger partial charge in [-0.3, -0.25) is 4.79 Å². The molecule has 0 bridgehead atoms. The van der Waals surface area contributed by atoms with Crippen molar-refractivity contribution in [1.82, 2.24) is 19.5 Å². The topological polar surface area (TPSA) is 53.7 Å². The standard InChI is InChI=1S/C24H28BrN5O/c1-17-7-3-2-4-14-29(17)24(31)21-16-23(28-12-5-6-13-28)30-22(26-21)15-20(27-30)18-8-10-19(25)11-9-18/h8-11,15-17H,2-7,12-14H2,1H3. The number of hydrogen-bond donors (Lipinski definition) is 0. The number of amides is 1. The van der Waals surface area contributed by atoms with E-state index in [1.807, 2.05) is 45.8 Å². The van der Waals surface area contributed by atoms with Gasteiger partial charge in [0.25, 0.3) is 5.91 Å². The average molecular weight is 482 g/mol. The first-order chi connectivity index (χ1) is 15.1.